The topological polar surface area (TPSA) is 9.23 Å². The van der Waals surface area contributed by atoms with E-state index in [0.717, 1.165) is 5.75 Å². The van der Waals surface area contributed by atoms with Gasteiger partial charge in [0.2, 0.25) is 0 Å². The minimum Gasteiger partial charge on any atom is -0.465 e. The molecule has 0 aliphatic heterocycles. The summed E-state index contributed by atoms with van der Waals surface area (Å²) in [4.78, 5) is 0. The summed E-state index contributed by atoms with van der Waals surface area (Å²) in [5.41, 5.74) is 0. The Morgan fingerprint density at radius 3 is 2.88 bits per heavy atom. The zero-order valence-corrected chi connectivity index (χ0v) is 9.11. The minimum atomic E-state index is -0.0869. The first-order chi connectivity index (χ1) is 3.91. The van der Waals surface area contributed by atoms with E-state index in [1.807, 2.05) is 0 Å². The summed E-state index contributed by atoms with van der Waals surface area (Å²) in [6.45, 7) is 2.19. The maximum absolute atomic E-state index is 5.38. The Labute approximate surface area is 61.5 Å². The summed E-state index contributed by atoms with van der Waals surface area (Å²) >= 11 is 4.10. The van der Waals surface area contributed by atoms with Gasteiger partial charge < -0.3 is 4.12 Å². The van der Waals surface area contributed by atoms with Crippen LogP contribution in [0, 0.1) is 0 Å². The number of hydrogen-bond donors (Lipinski definition) is 1. The lowest BCUT2D eigenvalue weighted by Crippen LogP contribution is -1.99. The summed E-state index contributed by atoms with van der Waals surface area (Å²) in [6, 6.07) is 1.32. The van der Waals surface area contributed by atoms with Gasteiger partial charge in [-0.3, -0.25) is 0 Å². The van der Waals surface area contributed by atoms with Gasteiger partial charge in [-0.15, -0.1) is 0 Å². The second-order valence-corrected chi connectivity index (χ2v) is 5.40. The summed E-state index contributed by atoms with van der Waals surface area (Å²) in [7, 11) is -0.164. The van der Waals surface area contributed by atoms with Crippen molar-refractivity contribution in [2.24, 2.45) is 0 Å². The Hall–Kier alpha value is 0.744. The second kappa shape index (κ2) is 7.74. The van der Waals surface area contributed by atoms with Crippen molar-refractivity contribution in [3.05, 3.63) is 0 Å². The molecule has 4 heteroatoms. The molecule has 0 atom stereocenters. The van der Waals surface area contributed by atoms with E-state index in [1.54, 1.807) is 0 Å². The molecule has 0 saturated heterocycles. The predicted molar refractivity (Wildman–Crippen MR) is 47.3 cm³/mol. The molecule has 0 rings (SSSR count). The van der Waals surface area contributed by atoms with Crippen LogP contribution in [-0.2, 0) is 4.12 Å². The fourth-order valence-electron chi connectivity index (χ4n) is 0.460. The van der Waals surface area contributed by atoms with Gasteiger partial charge >= 0.3 is 0 Å². The minimum absolute atomic E-state index is 0.0772. The largest absolute Gasteiger partial charge is 0.465 e. The van der Waals surface area contributed by atoms with Gasteiger partial charge in [0.15, 0.2) is 0 Å². The van der Waals surface area contributed by atoms with Crippen molar-refractivity contribution in [1.29, 1.82) is 0 Å². The van der Waals surface area contributed by atoms with Crippen molar-refractivity contribution in [3.8, 4) is 0 Å². The van der Waals surface area contributed by atoms with E-state index >= 15 is 0 Å². The van der Waals surface area contributed by atoms with Gasteiger partial charge in [0.05, 0.1) is 0 Å². The van der Waals surface area contributed by atoms with E-state index in [1.165, 1.54) is 12.5 Å². The normalized spacial score (nSPS) is 12.8. The smallest absolute Gasteiger partial charge is 0.146 e. The molecule has 0 spiro atoms. The monoisotopic (exact) mass is 166 g/mol. The number of hydrogen-bond acceptors (Lipinski definition) is 2. The van der Waals surface area contributed by atoms with Gasteiger partial charge in [0.25, 0.3) is 0 Å². The maximum Gasteiger partial charge on any atom is 0.146 e. The lowest BCUT2D eigenvalue weighted by atomic mass is 10.6. The highest BCUT2D eigenvalue weighted by Gasteiger charge is 1.84. The quantitative estimate of drug-likeness (QED) is 0.342. The van der Waals surface area contributed by atoms with Crippen LogP contribution in [-0.4, -0.2) is 25.3 Å². The Morgan fingerprint density at radius 2 is 2.38 bits per heavy atom. The molecule has 50 valence electrons. The van der Waals surface area contributed by atoms with E-state index in [-0.39, 0.29) is 19.5 Å². The van der Waals surface area contributed by atoms with Crippen molar-refractivity contribution in [2.75, 3.05) is 5.75 Å². The molecule has 0 N–H and O–H groups in total. The van der Waals surface area contributed by atoms with Crippen molar-refractivity contribution < 1.29 is 4.12 Å². The average molecular weight is 166 g/mol. The predicted octanol–water partition coefficient (Wildman–Crippen LogP) is -0.0431. The van der Waals surface area contributed by atoms with Crippen LogP contribution in [0.3, 0.4) is 0 Å². The Bertz CT molecular complexity index is 39.0. The highest BCUT2D eigenvalue weighted by molar-refractivity contribution is 7.80. The van der Waals surface area contributed by atoms with Gasteiger partial charge in [-0.1, -0.05) is 6.55 Å². The van der Waals surface area contributed by atoms with Gasteiger partial charge in [-0.25, -0.2) is 0 Å². The van der Waals surface area contributed by atoms with E-state index in [4.69, 9.17) is 4.12 Å². The molecule has 0 radical (unpaired) electrons. The SMILES string of the molecule is C[SiH2]O[SiH2]CCCS. The van der Waals surface area contributed by atoms with Crippen LogP contribution in [0.25, 0.3) is 0 Å². The van der Waals surface area contributed by atoms with Crippen molar-refractivity contribution >= 4 is 32.2 Å². The van der Waals surface area contributed by atoms with Gasteiger partial charge in [-0.05, 0) is 18.2 Å². The van der Waals surface area contributed by atoms with Gasteiger partial charge in [0.1, 0.15) is 19.5 Å². The van der Waals surface area contributed by atoms with Crippen LogP contribution in [0.1, 0.15) is 6.42 Å². The molecule has 8 heavy (non-hydrogen) atoms. The molecule has 0 heterocycles. The molecular formula is C4H14OSSi2. The molecule has 0 aromatic heterocycles. The zero-order valence-electron chi connectivity index (χ0n) is 5.39. The Morgan fingerprint density at radius 1 is 1.62 bits per heavy atom. The molecule has 0 aromatic rings. The van der Waals surface area contributed by atoms with E-state index in [2.05, 4.69) is 19.2 Å². The third-order valence-corrected chi connectivity index (χ3v) is 4.79. The molecule has 0 aliphatic carbocycles. The van der Waals surface area contributed by atoms with E-state index in [9.17, 15) is 0 Å². The van der Waals surface area contributed by atoms with Crippen LogP contribution >= 0.6 is 12.6 Å². The molecule has 0 amide bonds. The molecule has 0 unspecified atom stereocenters. The van der Waals surface area contributed by atoms with Crippen LogP contribution in [0.5, 0.6) is 0 Å². The van der Waals surface area contributed by atoms with Crippen LogP contribution in [0.4, 0.5) is 0 Å². The van der Waals surface area contributed by atoms with E-state index in [0.29, 0.717) is 0 Å². The Kier molecular flexibility index (Phi) is 8.46. The van der Waals surface area contributed by atoms with Gasteiger partial charge in [0, 0.05) is 0 Å². The summed E-state index contributed by atoms with van der Waals surface area (Å²) in [5.74, 6) is 1.03. The fourth-order valence-corrected chi connectivity index (χ4v) is 3.53. The van der Waals surface area contributed by atoms with Crippen LogP contribution < -0.4 is 0 Å². The van der Waals surface area contributed by atoms with Crippen molar-refractivity contribution in [1.82, 2.24) is 0 Å². The number of rotatable bonds is 5. The third-order valence-electron chi connectivity index (χ3n) is 0.901. The van der Waals surface area contributed by atoms with Crippen molar-refractivity contribution in [3.63, 3.8) is 0 Å². The molecule has 0 aliphatic rings. The van der Waals surface area contributed by atoms with Crippen molar-refractivity contribution in [2.45, 2.75) is 19.0 Å². The standard InChI is InChI=1S/C4H14OSSi2/c1-7-5-8-4-2-3-6/h6H,2-4,7-8H2,1H3. The molecule has 0 fully saturated rings. The highest BCUT2D eigenvalue weighted by Crippen LogP contribution is 1.90. The molecule has 0 bridgehead atoms. The highest BCUT2D eigenvalue weighted by atomic mass is 32.1. The van der Waals surface area contributed by atoms with Crippen LogP contribution in [0.15, 0.2) is 0 Å². The third kappa shape index (κ3) is 6.74. The summed E-state index contributed by atoms with van der Waals surface area (Å²) < 4.78 is 5.38. The van der Waals surface area contributed by atoms with E-state index < -0.39 is 0 Å². The molecule has 0 saturated carbocycles. The lowest BCUT2D eigenvalue weighted by Gasteiger charge is -1.95. The molecule has 0 aromatic carbocycles. The average Bonchev–Trinajstić information content (AvgIpc) is 1.81. The molecule has 1 nitrogen and oxygen atoms in total. The first kappa shape index (κ1) is 8.74. The summed E-state index contributed by atoms with van der Waals surface area (Å²) in [6.07, 6.45) is 1.25. The lowest BCUT2D eigenvalue weighted by molar-refractivity contribution is 0.640. The summed E-state index contributed by atoms with van der Waals surface area (Å²) in [5, 5.41) is 0. The first-order valence-electron chi connectivity index (χ1n) is 3.10. The maximum atomic E-state index is 5.38. The Balaban J connectivity index is 2.53. The fraction of sp³-hybridized carbons (Fsp3) is 1.00. The number of thiol groups is 1. The van der Waals surface area contributed by atoms with Crippen LogP contribution in [0.2, 0.25) is 12.6 Å². The molecular weight excluding hydrogens is 152 g/mol. The van der Waals surface area contributed by atoms with Gasteiger partial charge in [-0.2, -0.15) is 12.6 Å². The zero-order chi connectivity index (χ0) is 6.24. The second-order valence-electron chi connectivity index (χ2n) is 1.63. The first-order valence-corrected chi connectivity index (χ1v) is 7.30.